The van der Waals surface area contributed by atoms with Gasteiger partial charge in [-0.1, -0.05) is 11.3 Å². The molecule has 0 aromatic carbocycles. The third-order valence-electron chi connectivity index (χ3n) is 2.64. The Kier molecular flexibility index (Phi) is 6.37. The number of halogens is 4. The number of nitrogens with zero attached hydrogens (tertiary/aromatic N) is 3. The molecule has 0 fully saturated rings. The van der Waals surface area contributed by atoms with Crippen molar-refractivity contribution >= 4 is 45.0 Å². The van der Waals surface area contributed by atoms with Gasteiger partial charge in [0.15, 0.2) is 16.4 Å². The molecular weight excluding hydrogens is 476 g/mol. The van der Waals surface area contributed by atoms with Crippen molar-refractivity contribution in [2.45, 2.75) is 20.0 Å². The number of ether oxygens (including phenoxy) is 2. The lowest BCUT2D eigenvalue weighted by atomic mass is 10.3. The first-order chi connectivity index (χ1) is 11.8. The molecule has 2 aromatic heterocycles. The summed E-state index contributed by atoms with van der Waals surface area (Å²) < 4.78 is 48.9. The smallest absolute Gasteiger partial charge is 0.435 e. The van der Waals surface area contributed by atoms with Crippen molar-refractivity contribution in [1.29, 1.82) is 0 Å². The van der Waals surface area contributed by atoms with E-state index in [9.17, 15) is 18.0 Å². The van der Waals surface area contributed by atoms with Crippen LogP contribution in [-0.2, 0) is 6.18 Å². The van der Waals surface area contributed by atoms with Crippen molar-refractivity contribution in [3.8, 4) is 11.8 Å². The Morgan fingerprint density at radius 3 is 2.24 bits per heavy atom. The second-order valence-electron chi connectivity index (χ2n) is 4.32. The standard InChI is InChI=1S/C13H12F3IN4O3S/c1-3-23-10-6(11(24-4-2)19-5-18-10)9(22)21-12-20-7(8(17)25-12)13(14,15)16/h5H,3-4H2,1-2H3,(H,20,21,22). The lowest BCUT2D eigenvalue weighted by Gasteiger charge is -2.12. The van der Waals surface area contributed by atoms with Gasteiger partial charge in [-0.15, -0.1) is 0 Å². The minimum absolute atomic E-state index is 0.0271. The van der Waals surface area contributed by atoms with Crippen molar-refractivity contribution in [2.24, 2.45) is 0 Å². The van der Waals surface area contributed by atoms with Gasteiger partial charge in [0.25, 0.3) is 5.91 Å². The molecule has 25 heavy (non-hydrogen) atoms. The molecule has 0 spiro atoms. The van der Waals surface area contributed by atoms with Crippen LogP contribution in [-0.4, -0.2) is 34.1 Å². The maximum atomic E-state index is 12.8. The number of rotatable bonds is 6. The molecule has 2 rings (SSSR count). The molecule has 2 aromatic rings. The summed E-state index contributed by atoms with van der Waals surface area (Å²) in [6.45, 7) is 3.86. The molecular formula is C13H12F3IN4O3S. The molecule has 1 amide bonds. The molecule has 0 radical (unpaired) electrons. The summed E-state index contributed by atoms with van der Waals surface area (Å²) in [6, 6.07) is 0. The fraction of sp³-hybridized carbons (Fsp3) is 0.385. The highest BCUT2D eigenvalue weighted by atomic mass is 127. The zero-order valence-electron chi connectivity index (χ0n) is 13.0. The Morgan fingerprint density at radius 1 is 1.24 bits per heavy atom. The van der Waals surface area contributed by atoms with Crippen LogP contribution in [0, 0.1) is 2.88 Å². The first kappa shape index (κ1) is 19.6. The highest BCUT2D eigenvalue weighted by Crippen LogP contribution is 2.37. The van der Waals surface area contributed by atoms with Crippen LogP contribution in [0.2, 0.25) is 0 Å². The normalized spacial score (nSPS) is 11.3. The number of carbonyl (C=O) groups excluding carboxylic acids is 1. The number of hydrogen-bond acceptors (Lipinski definition) is 7. The highest BCUT2D eigenvalue weighted by molar-refractivity contribution is 14.1. The molecule has 0 aliphatic rings. The molecule has 7 nitrogen and oxygen atoms in total. The Balaban J connectivity index is 2.35. The van der Waals surface area contributed by atoms with E-state index in [1.54, 1.807) is 13.8 Å². The molecule has 12 heteroatoms. The second kappa shape index (κ2) is 8.12. The van der Waals surface area contributed by atoms with Crippen LogP contribution in [0.3, 0.4) is 0 Å². The van der Waals surface area contributed by atoms with E-state index in [-0.39, 0.29) is 38.6 Å². The van der Waals surface area contributed by atoms with E-state index < -0.39 is 17.8 Å². The van der Waals surface area contributed by atoms with E-state index in [2.05, 4.69) is 20.3 Å². The molecule has 0 saturated carbocycles. The maximum absolute atomic E-state index is 12.8. The van der Waals surface area contributed by atoms with Gasteiger partial charge >= 0.3 is 6.18 Å². The lowest BCUT2D eigenvalue weighted by Crippen LogP contribution is -2.17. The summed E-state index contributed by atoms with van der Waals surface area (Å²) in [5.41, 5.74) is -1.15. The molecule has 2 heterocycles. The SMILES string of the molecule is CCOc1ncnc(OCC)c1C(=O)Nc1nc(C(F)(F)F)c(I)s1. The Labute approximate surface area is 158 Å². The van der Waals surface area contributed by atoms with Gasteiger partial charge in [-0.05, 0) is 36.4 Å². The number of amides is 1. The Morgan fingerprint density at radius 2 is 1.80 bits per heavy atom. The predicted octanol–water partition coefficient (Wildman–Crippen LogP) is 3.61. The van der Waals surface area contributed by atoms with Gasteiger partial charge < -0.3 is 9.47 Å². The van der Waals surface area contributed by atoms with Crippen molar-refractivity contribution in [3.63, 3.8) is 0 Å². The Hall–Kier alpha value is -1.70. The monoisotopic (exact) mass is 488 g/mol. The van der Waals surface area contributed by atoms with Crippen molar-refractivity contribution in [3.05, 3.63) is 20.5 Å². The average Bonchev–Trinajstić information content (AvgIpc) is 2.88. The quantitative estimate of drug-likeness (QED) is 0.626. The van der Waals surface area contributed by atoms with Crippen LogP contribution in [0.5, 0.6) is 11.8 Å². The fourth-order valence-electron chi connectivity index (χ4n) is 1.73. The molecule has 0 aliphatic carbocycles. The first-order valence-corrected chi connectivity index (χ1v) is 8.82. The average molecular weight is 488 g/mol. The summed E-state index contributed by atoms with van der Waals surface area (Å²) in [6.07, 6.45) is -3.43. The number of anilines is 1. The largest absolute Gasteiger partial charge is 0.477 e. The molecule has 0 aliphatic heterocycles. The van der Waals surface area contributed by atoms with Gasteiger partial charge in [-0.3, -0.25) is 10.1 Å². The molecule has 136 valence electrons. The van der Waals surface area contributed by atoms with Gasteiger partial charge in [-0.2, -0.15) is 13.2 Å². The maximum Gasteiger partial charge on any atom is 0.435 e. The van der Waals surface area contributed by atoms with E-state index in [0.29, 0.717) is 11.3 Å². The number of thiazole rings is 1. The predicted molar refractivity (Wildman–Crippen MR) is 92.2 cm³/mol. The van der Waals surface area contributed by atoms with Crippen LogP contribution in [0.1, 0.15) is 29.9 Å². The van der Waals surface area contributed by atoms with Crippen molar-refractivity contribution in [2.75, 3.05) is 18.5 Å². The van der Waals surface area contributed by atoms with E-state index >= 15 is 0 Å². The van der Waals surface area contributed by atoms with Crippen LogP contribution >= 0.6 is 33.9 Å². The van der Waals surface area contributed by atoms with Crippen LogP contribution < -0.4 is 14.8 Å². The number of alkyl halides is 3. The zero-order valence-corrected chi connectivity index (χ0v) is 16.0. The number of nitrogens with one attached hydrogen (secondary N) is 1. The van der Waals surface area contributed by atoms with Gasteiger partial charge in [0, 0.05) is 0 Å². The lowest BCUT2D eigenvalue weighted by molar-refractivity contribution is -0.141. The molecule has 0 saturated heterocycles. The second-order valence-corrected chi connectivity index (χ2v) is 7.13. The summed E-state index contributed by atoms with van der Waals surface area (Å²) in [7, 11) is 0. The van der Waals surface area contributed by atoms with E-state index in [1.807, 2.05) is 0 Å². The first-order valence-electron chi connectivity index (χ1n) is 6.93. The van der Waals surface area contributed by atoms with E-state index in [0.717, 1.165) is 0 Å². The van der Waals surface area contributed by atoms with Crippen LogP contribution in [0.25, 0.3) is 0 Å². The van der Waals surface area contributed by atoms with Crippen molar-refractivity contribution in [1.82, 2.24) is 15.0 Å². The number of aromatic nitrogens is 3. The zero-order chi connectivity index (χ0) is 18.6. The van der Waals surface area contributed by atoms with Crippen molar-refractivity contribution < 1.29 is 27.4 Å². The van der Waals surface area contributed by atoms with E-state index in [1.165, 1.54) is 28.9 Å². The number of hydrogen-bond donors (Lipinski definition) is 1. The topological polar surface area (TPSA) is 86.2 Å². The van der Waals surface area contributed by atoms with Crippen LogP contribution in [0.15, 0.2) is 6.33 Å². The van der Waals surface area contributed by atoms with E-state index in [4.69, 9.17) is 9.47 Å². The Bertz CT molecular complexity index is 745. The van der Waals surface area contributed by atoms with Crippen LogP contribution in [0.4, 0.5) is 18.3 Å². The molecule has 0 unspecified atom stereocenters. The minimum Gasteiger partial charge on any atom is -0.477 e. The summed E-state index contributed by atoms with van der Waals surface area (Å²) in [4.78, 5) is 23.7. The third-order valence-corrected chi connectivity index (χ3v) is 4.57. The van der Waals surface area contributed by atoms with Gasteiger partial charge in [0.2, 0.25) is 11.8 Å². The summed E-state index contributed by atoms with van der Waals surface area (Å²) in [5.74, 6) is -0.826. The van der Waals surface area contributed by atoms with Gasteiger partial charge in [-0.25, -0.2) is 15.0 Å². The van der Waals surface area contributed by atoms with Gasteiger partial charge in [0.1, 0.15) is 6.33 Å². The molecule has 0 atom stereocenters. The molecule has 0 bridgehead atoms. The third kappa shape index (κ3) is 4.68. The highest BCUT2D eigenvalue weighted by Gasteiger charge is 2.37. The number of carbonyl (C=O) groups is 1. The fourth-order valence-corrected chi connectivity index (χ4v) is 3.49. The molecule has 1 N–H and O–H groups in total. The van der Waals surface area contributed by atoms with Gasteiger partial charge in [0.05, 0.1) is 16.1 Å². The summed E-state index contributed by atoms with van der Waals surface area (Å²) >= 11 is 2.22. The summed E-state index contributed by atoms with van der Waals surface area (Å²) in [5, 5.41) is 2.11. The minimum atomic E-state index is -4.60.